The summed E-state index contributed by atoms with van der Waals surface area (Å²) in [4.78, 5) is 59.5. The molecular formula is C127H223FN4O15. The Hall–Kier alpha value is -8.29. The molecule has 20 heteroatoms. The van der Waals surface area contributed by atoms with Crippen LogP contribution in [0.3, 0.4) is 0 Å². The minimum absolute atomic E-state index is 0.00547. The summed E-state index contributed by atoms with van der Waals surface area (Å²) < 4.78 is 63.1. The van der Waals surface area contributed by atoms with Gasteiger partial charge in [-0.05, 0) is 259 Å². The Bertz CT molecular complexity index is 4580. The van der Waals surface area contributed by atoms with Crippen LogP contribution in [0.1, 0.15) is 454 Å². The van der Waals surface area contributed by atoms with Crippen molar-refractivity contribution in [2.45, 2.75) is 443 Å². The van der Waals surface area contributed by atoms with Crippen molar-refractivity contribution < 1.29 is 71.1 Å². The Labute approximate surface area is 900 Å². The predicted octanol–water partition coefficient (Wildman–Crippen LogP) is 36.6. The van der Waals surface area contributed by atoms with E-state index in [-0.39, 0.29) is 123 Å². The molecule has 0 heterocycles. The van der Waals surface area contributed by atoms with E-state index in [4.69, 9.17) is 42.6 Å². The van der Waals surface area contributed by atoms with Crippen molar-refractivity contribution >= 4 is 29.9 Å². The van der Waals surface area contributed by atoms with Gasteiger partial charge in [0.15, 0.2) is 17.3 Å². The van der Waals surface area contributed by atoms with E-state index in [9.17, 15) is 33.7 Å². The number of aryl methyl sites for hydroxylation is 2. The average Bonchev–Trinajstić information content (AvgIpc) is 0.845. The highest BCUT2D eigenvalue weighted by atomic mass is 19.1. The first kappa shape index (κ1) is 143. The lowest BCUT2D eigenvalue weighted by Crippen LogP contribution is -2.46. The number of alkyl carbamates (subject to hydrolysis) is 2. The summed E-state index contributed by atoms with van der Waals surface area (Å²) in [5.41, 5.74) is 11.0. The molecule has 3 amide bonds. The van der Waals surface area contributed by atoms with E-state index < -0.39 is 0 Å². The molecule has 0 fully saturated rings. The van der Waals surface area contributed by atoms with Crippen LogP contribution in [0, 0.1) is 116 Å². The maximum atomic E-state index is 13.9. The minimum atomic E-state index is -0.364. The van der Waals surface area contributed by atoms with Crippen molar-refractivity contribution in [1.82, 2.24) is 15.5 Å². The molecule has 0 saturated heterocycles. The first-order valence-electron chi connectivity index (χ1n) is 53.9. The molecule has 0 aliphatic carbocycles. The van der Waals surface area contributed by atoms with Gasteiger partial charge in [0, 0.05) is 31.2 Å². The highest BCUT2D eigenvalue weighted by Crippen LogP contribution is 2.42. The van der Waals surface area contributed by atoms with E-state index in [1.54, 1.807) is 29.2 Å². The van der Waals surface area contributed by atoms with Crippen molar-refractivity contribution in [3.05, 3.63) is 151 Å². The number of esters is 1. The van der Waals surface area contributed by atoms with Gasteiger partial charge in [-0.1, -0.05) is 389 Å². The van der Waals surface area contributed by atoms with E-state index >= 15 is 0 Å². The summed E-state index contributed by atoms with van der Waals surface area (Å²) in [7, 11) is 1.40. The fourth-order valence-electron chi connectivity index (χ4n) is 13.6. The van der Waals surface area contributed by atoms with Gasteiger partial charge in [-0.15, -0.1) is 0 Å². The molecule has 2 atom stereocenters. The molecule has 0 spiro atoms. The SMILES string of the molecule is CC(C)(C)CCCNC(=O)OCC(C)(C)C.CC(C)(C)COC(=O)NC(C)(C)CC(C)(C)C.CC(C)(C)COc1ccc(CC(C)(C)C)cc1F.CC(c1ccc(OCC(C)(C)C)c([N+](=O)[O-])c1)C(C)(C)C.CCN(CCC(C)(C)C)C(=O)OCC(C)(C)C.COC(=O)c1cc(CC(C)(C)C)ccc1OCC(C)(C)C.Cc1cc(C(C)C(C)(C)C)ccc1OCC(C)(C)C.Cc1cc(CC(C)(C)C)ccc1OCC(C)(C)C. The van der Waals surface area contributed by atoms with Crippen molar-refractivity contribution in [2.24, 2.45) is 86.6 Å². The van der Waals surface area contributed by atoms with Gasteiger partial charge >= 0.3 is 29.9 Å². The quantitative estimate of drug-likeness (QED) is 0.0156. The molecule has 0 bridgehead atoms. The van der Waals surface area contributed by atoms with Gasteiger partial charge in [0.2, 0.25) is 0 Å². The number of hydrogen-bond acceptors (Lipinski definition) is 15. The molecule has 2 N–H and O–H groups in total. The van der Waals surface area contributed by atoms with Crippen LogP contribution in [0.5, 0.6) is 28.7 Å². The molecule has 848 valence electrons. The summed E-state index contributed by atoms with van der Waals surface area (Å²) in [5.74, 6) is 3.48. The molecule has 19 nitrogen and oxygen atoms in total. The summed E-state index contributed by atoms with van der Waals surface area (Å²) in [5, 5.41) is 17.0. The standard InChI is InChI=1S/C18H28O3.C18H30O.C17H27NO3.C17H28O.C16H25FO.2C14H29NO2.C13H27NO2/c1-17(2,3)11-13-8-9-15(21-12-18(4,5)6)14(10-13)16(19)20-7;1-13-11-15(14(2)18(6,7)8)9-10-16(13)19-12-17(3,4)5;1-12(17(5,6)7)13-8-9-15(14(10-13)18(19)20)21-11-16(2,3)4;1-13-10-14(11-16(2,3)4)8-9-15(13)18-12-17(5,6)7;1-15(2,3)10-12-7-8-14(13(17)9-12)18-11-16(4,5)6;1-12(2,3)9-14(7,8)15-11(16)17-10-13(4,5)6;1-8-15(10-9-13(2,3)4)12(16)17-11-14(5,6)7;1-12(2,3)8-7-9-14-11(15)16-10-13(4,5)6/h8-10H,11-12H2,1-7H3;9-11,14H,12H2,1-8H3;8-10,12H,11H2,1-7H3;8-10H,11-12H2,1-7H3;7-9H,10-11H2,1-6H3;9-10H2,1-8H3,(H,15,16);8-11H2,1-7H3;7-10H2,1-6H3,(H,14,15). The molecule has 5 aromatic rings. The van der Waals surface area contributed by atoms with Crippen LogP contribution < -0.4 is 34.3 Å². The van der Waals surface area contributed by atoms with Crippen LogP contribution in [0.2, 0.25) is 0 Å². The minimum Gasteiger partial charge on any atom is -0.493 e. The zero-order valence-corrected chi connectivity index (χ0v) is 105. The Balaban J connectivity index is -0.00000161. The zero-order valence-electron chi connectivity index (χ0n) is 105. The van der Waals surface area contributed by atoms with E-state index in [1.165, 1.54) is 29.4 Å². The first-order valence-corrected chi connectivity index (χ1v) is 53.9. The Kier molecular flexibility index (Phi) is 58.5. The monoisotopic (exact) mass is 2060 g/mol. The molecule has 2 unspecified atom stereocenters. The molecule has 5 rings (SSSR count). The Morgan fingerprint density at radius 3 is 1.02 bits per heavy atom. The maximum absolute atomic E-state index is 13.9. The predicted molar refractivity (Wildman–Crippen MR) is 621 cm³/mol. The lowest BCUT2D eigenvalue weighted by atomic mass is 9.77. The van der Waals surface area contributed by atoms with Gasteiger partial charge in [0.05, 0.1) is 64.9 Å². The summed E-state index contributed by atoms with van der Waals surface area (Å²) in [6.07, 6.45) is 6.05. The van der Waals surface area contributed by atoms with Crippen LogP contribution >= 0.6 is 0 Å². The van der Waals surface area contributed by atoms with Crippen LogP contribution in [0.15, 0.2) is 91.0 Å². The van der Waals surface area contributed by atoms with Crippen molar-refractivity contribution in [3.8, 4) is 28.7 Å². The topological polar surface area (TPSA) is 222 Å². The van der Waals surface area contributed by atoms with Gasteiger partial charge in [0.25, 0.3) is 0 Å². The largest absolute Gasteiger partial charge is 0.493 e. The molecule has 0 radical (unpaired) electrons. The van der Waals surface area contributed by atoms with E-state index in [0.717, 1.165) is 92.9 Å². The number of hydrogen-bond donors (Lipinski definition) is 2. The first-order chi connectivity index (χ1) is 65.5. The molecule has 0 aromatic heterocycles. The smallest absolute Gasteiger partial charge is 0.409 e. The van der Waals surface area contributed by atoms with E-state index in [2.05, 4.69) is 345 Å². The highest BCUT2D eigenvalue weighted by Gasteiger charge is 2.32. The lowest BCUT2D eigenvalue weighted by Gasteiger charge is -2.33. The average molecular weight is 2070 g/mol. The fraction of sp³-hybridized carbons (Fsp3) is 0.732. The third-order valence-corrected chi connectivity index (χ3v) is 21.6. The number of methoxy groups -OCH3 is 1. The summed E-state index contributed by atoms with van der Waals surface area (Å²) in [6, 6.07) is 29.5. The molecule has 147 heavy (non-hydrogen) atoms. The van der Waals surface area contributed by atoms with Crippen LogP contribution in [-0.2, 0) is 38.2 Å². The molecule has 0 aliphatic heterocycles. The van der Waals surface area contributed by atoms with Crippen LogP contribution in [0.4, 0.5) is 24.5 Å². The number of ether oxygens (including phenoxy) is 9. The Morgan fingerprint density at radius 1 is 0.367 bits per heavy atom. The number of nitrogens with one attached hydrogen (secondary N) is 2. The van der Waals surface area contributed by atoms with Crippen molar-refractivity contribution in [1.29, 1.82) is 0 Å². The third-order valence-electron chi connectivity index (χ3n) is 21.6. The zero-order chi connectivity index (χ0) is 116. The second kappa shape index (κ2) is 60.2. The van der Waals surface area contributed by atoms with Gasteiger partial charge in [-0.2, -0.15) is 0 Å². The summed E-state index contributed by atoms with van der Waals surface area (Å²) in [6.45, 7) is 124. The van der Waals surface area contributed by atoms with Crippen molar-refractivity contribution in [2.75, 3.05) is 79.6 Å². The number of amides is 3. The van der Waals surface area contributed by atoms with Crippen LogP contribution in [-0.4, -0.2) is 119 Å². The number of nitrogens with zero attached hydrogens (tertiary/aromatic N) is 2. The lowest BCUT2D eigenvalue weighted by molar-refractivity contribution is -0.386. The van der Waals surface area contributed by atoms with Gasteiger partial charge in [0.1, 0.15) is 22.8 Å². The van der Waals surface area contributed by atoms with Crippen LogP contribution in [0.25, 0.3) is 0 Å². The number of benzene rings is 5. The normalized spacial score (nSPS) is 13.0. The molecule has 0 saturated carbocycles. The molecular weight excluding hydrogens is 1840 g/mol. The number of carbonyl (C=O) groups excluding carboxylic acids is 4. The number of carbonyl (C=O) groups is 4. The third kappa shape index (κ3) is 77.7. The number of halogens is 1. The van der Waals surface area contributed by atoms with Gasteiger partial charge in [-0.3, -0.25) is 10.1 Å². The maximum Gasteiger partial charge on any atom is 0.409 e. The number of nitro benzene ring substituents is 1. The second-order valence-corrected chi connectivity index (χ2v) is 60.4. The van der Waals surface area contributed by atoms with E-state index in [1.807, 2.05) is 113 Å². The Morgan fingerprint density at radius 2 is 0.687 bits per heavy atom. The van der Waals surface area contributed by atoms with E-state index in [0.29, 0.717) is 97.7 Å². The summed E-state index contributed by atoms with van der Waals surface area (Å²) >= 11 is 0. The molecule has 5 aromatic carbocycles. The molecule has 0 aliphatic rings. The van der Waals surface area contributed by atoms with Gasteiger partial charge in [-0.25, -0.2) is 23.6 Å². The number of rotatable bonds is 28. The van der Waals surface area contributed by atoms with Crippen molar-refractivity contribution in [3.63, 3.8) is 0 Å². The highest BCUT2D eigenvalue weighted by molar-refractivity contribution is 5.92. The second-order valence-electron chi connectivity index (χ2n) is 60.4. The van der Waals surface area contributed by atoms with Gasteiger partial charge < -0.3 is 58.2 Å². The fourth-order valence-corrected chi connectivity index (χ4v) is 13.6. The number of nitro groups is 1.